The van der Waals surface area contributed by atoms with Crippen LogP contribution in [0.1, 0.15) is 17.7 Å². The average Bonchev–Trinajstić information content (AvgIpc) is 2.59. The van der Waals surface area contributed by atoms with Crippen molar-refractivity contribution < 1.29 is 4.74 Å². The minimum Gasteiger partial charge on any atom is -0.381 e. The first-order chi connectivity index (χ1) is 6.35. The number of H-pyrrole nitrogens is 1. The van der Waals surface area contributed by atoms with Gasteiger partial charge >= 0.3 is 0 Å². The van der Waals surface area contributed by atoms with E-state index in [4.69, 9.17) is 4.74 Å². The summed E-state index contributed by atoms with van der Waals surface area (Å²) in [6.45, 7) is 0. The molecule has 1 aliphatic carbocycles. The van der Waals surface area contributed by atoms with E-state index in [-0.39, 0.29) is 0 Å². The molecule has 0 bridgehead atoms. The maximum Gasteiger partial charge on any atom is 0.151 e. The largest absolute Gasteiger partial charge is 0.381 e. The molecule has 2 rings (SSSR count). The molecule has 2 N–H and O–H groups in total. The predicted octanol–water partition coefficient (Wildman–Crippen LogP) is 0.955. The first-order valence-electron chi connectivity index (χ1n) is 4.61. The van der Waals surface area contributed by atoms with Crippen molar-refractivity contribution in [1.29, 1.82) is 0 Å². The van der Waals surface area contributed by atoms with E-state index in [2.05, 4.69) is 15.5 Å². The summed E-state index contributed by atoms with van der Waals surface area (Å²) in [4.78, 5) is 0. The van der Waals surface area contributed by atoms with Gasteiger partial charge in [0.05, 0.1) is 6.10 Å². The van der Waals surface area contributed by atoms with E-state index in [1.807, 2.05) is 7.05 Å². The van der Waals surface area contributed by atoms with Crippen LogP contribution in [0, 0.1) is 0 Å². The van der Waals surface area contributed by atoms with Gasteiger partial charge in [-0.15, -0.1) is 0 Å². The Balaban J connectivity index is 2.25. The number of fused-ring (bicyclic) bond motifs is 1. The fraction of sp³-hybridized carbons (Fsp3) is 0.667. The van der Waals surface area contributed by atoms with E-state index in [0.29, 0.717) is 6.10 Å². The Morgan fingerprint density at radius 1 is 1.62 bits per heavy atom. The Labute approximate surface area is 77.7 Å². The minimum atomic E-state index is 0.359. The summed E-state index contributed by atoms with van der Waals surface area (Å²) in [6.07, 6.45) is 3.47. The van der Waals surface area contributed by atoms with Crippen molar-refractivity contribution in [1.82, 2.24) is 10.2 Å². The van der Waals surface area contributed by atoms with Gasteiger partial charge < -0.3 is 10.1 Å². The molecule has 1 heterocycles. The lowest BCUT2D eigenvalue weighted by molar-refractivity contribution is 0.0910. The Morgan fingerprint density at radius 2 is 2.46 bits per heavy atom. The smallest absolute Gasteiger partial charge is 0.151 e. The Bertz CT molecular complexity index is 282. The zero-order valence-electron chi connectivity index (χ0n) is 8.05. The number of hydrogen-bond donors (Lipinski definition) is 2. The van der Waals surface area contributed by atoms with Crippen LogP contribution in [0.2, 0.25) is 0 Å². The highest BCUT2D eigenvalue weighted by molar-refractivity contribution is 5.47. The van der Waals surface area contributed by atoms with E-state index in [9.17, 15) is 0 Å². The van der Waals surface area contributed by atoms with Crippen LogP contribution in [0.15, 0.2) is 0 Å². The van der Waals surface area contributed by atoms with Crippen molar-refractivity contribution in [2.75, 3.05) is 19.5 Å². The number of aromatic nitrogens is 2. The fourth-order valence-corrected chi connectivity index (χ4v) is 1.87. The highest BCUT2D eigenvalue weighted by atomic mass is 16.5. The third-order valence-corrected chi connectivity index (χ3v) is 2.67. The molecule has 0 aromatic carbocycles. The molecule has 0 amide bonds. The quantitative estimate of drug-likeness (QED) is 0.714. The van der Waals surface area contributed by atoms with Crippen molar-refractivity contribution in [2.45, 2.75) is 25.4 Å². The lowest BCUT2D eigenvalue weighted by atomic mass is 9.95. The Kier molecular flexibility index (Phi) is 2.22. The molecule has 0 radical (unpaired) electrons. The van der Waals surface area contributed by atoms with Gasteiger partial charge in [0.25, 0.3) is 0 Å². The molecule has 1 aromatic heterocycles. The molecular formula is C9H15N3O. The van der Waals surface area contributed by atoms with Gasteiger partial charge in [-0.1, -0.05) is 0 Å². The standard InChI is InChI=1S/C9H15N3O/c1-10-9-7-5-6(13-2)3-4-8(7)11-12-9/h6H,3-5H2,1-2H3,(H2,10,11,12). The maximum absolute atomic E-state index is 5.35. The van der Waals surface area contributed by atoms with E-state index in [0.717, 1.165) is 25.1 Å². The molecule has 1 aliphatic rings. The first kappa shape index (κ1) is 8.56. The van der Waals surface area contributed by atoms with Crippen molar-refractivity contribution in [3.63, 3.8) is 0 Å². The Morgan fingerprint density at radius 3 is 3.15 bits per heavy atom. The van der Waals surface area contributed by atoms with Gasteiger partial charge in [0, 0.05) is 31.8 Å². The zero-order valence-corrected chi connectivity index (χ0v) is 8.05. The number of aromatic amines is 1. The summed E-state index contributed by atoms with van der Waals surface area (Å²) in [6, 6.07) is 0. The molecule has 4 nitrogen and oxygen atoms in total. The number of ether oxygens (including phenoxy) is 1. The number of hydrogen-bond acceptors (Lipinski definition) is 3. The van der Waals surface area contributed by atoms with Crippen LogP contribution in [0.3, 0.4) is 0 Å². The normalized spacial score (nSPS) is 21.2. The van der Waals surface area contributed by atoms with Gasteiger partial charge in [-0.2, -0.15) is 5.10 Å². The van der Waals surface area contributed by atoms with Crippen LogP contribution in [-0.2, 0) is 17.6 Å². The average molecular weight is 181 g/mol. The molecule has 13 heavy (non-hydrogen) atoms. The topological polar surface area (TPSA) is 49.9 Å². The molecule has 0 saturated heterocycles. The van der Waals surface area contributed by atoms with Crippen LogP contribution in [0.5, 0.6) is 0 Å². The van der Waals surface area contributed by atoms with Crippen LogP contribution in [0.4, 0.5) is 5.82 Å². The number of anilines is 1. The molecule has 0 spiro atoms. The highest BCUT2D eigenvalue weighted by Gasteiger charge is 2.22. The molecule has 1 unspecified atom stereocenters. The molecule has 0 aliphatic heterocycles. The van der Waals surface area contributed by atoms with Crippen LogP contribution in [-0.4, -0.2) is 30.5 Å². The Hall–Kier alpha value is -1.03. The molecule has 0 fully saturated rings. The van der Waals surface area contributed by atoms with Gasteiger partial charge in [-0.25, -0.2) is 0 Å². The molecule has 0 saturated carbocycles. The van der Waals surface area contributed by atoms with Gasteiger partial charge in [0.2, 0.25) is 0 Å². The fourth-order valence-electron chi connectivity index (χ4n) is 1.87. The summed E-state index contributed by atoms with van der Waals surface area (Å²) < 4.78 is 5.35. The van der Waals surface area contributed by atoms with Crippen LogP contribution >= 0.6 is 0 Å². The third kappa shape index (κ3) is 1.42. The summed E-state index contributed by atoms with van der Waals surface area (Å²) >= 11 is 0. The van der Waals surface area contributed by atoms with Crippen LogP contribution < -0.4 is 5.32 Å². The molecular weight excluding hydrogens is 166 g/mol. The SMILES string of the molecule is CNc1n[nH]c2c1CC(OC)CC2. The van der Waals surface area contributed by atoms with Crippen molar-refractivity contribution >= 4 is 5.82 Å². The molecule has 1 atom stereocenters. The zero-order chi connectivity index (χ0) is 9.26. The van der Waals surface area contributed by atoms with Crippen LogP contribution in [0.25, 0.3) is 0 Å². The monoisotopic (exact) mass is 181 g/mol. The van der Waals surface area contributed by atoms with E-state index < -0.39 is 0 Å². The molecule has 1 aromatic rings. The third-order valence-electron chi connectivity index (χ3n) is 2.67. The number of methoxy groups -OCH3 is 1. The first-order valence-corrected chi connectivity index (χ1v) is 4.61. The van der Waals surface area contributed by atoms with Gasteiger partial charge in [0.1, 0.15) is 0 Å². The molecule has 72 valence electrons. The second-order valence-electron chi connectivity index (χ2n) is 3.38. The van der Waals surface area contributed by atoms with Crippen molar-refractivity contribution in [3.05, 3.63) is 11.3 Å². The summed E-state index contributed by atoms with van der Waals surface area (Å²) in [5.74, 6) is 0.969. The second-order valence-corrected chi connectivity index (χ2v) is 3.38. The maximum atomic E-state index is 5.35. The molecule has 4 heteroatoms. The van der Waals surface area contributed by atoms with Crippen molar-refractivity contribution in [3.8, 4) is 0 Å². The van der Waals surface area contributed by atoms with Gasteiger partial charge in [-0.3, -0.25) is 5.10 Å². The second kappa shape index (κ2) is 3.38. The van der Waals surface area contributed by atoms with E-state index >= 15 is 0 Å². The summed E-state index contributed by atoms with van der Waals surface area (Å²) in [5.41, 5.74) is 2.55. The van der Waals surface area contributed by atoms with Gasteiger partial charge in [-0.05, 0) is 12.8 Å². The summed E-state index contributed by atoms with van der Waals surface area (Å²) in [7, 11) is 3.67. The minimum absolute atomic E-state index is 0.359. The number of rotatable bonds is 2. The van der Waals surface area contributed by atoms with E-state index in [1.165, 1.54) is 11.3 Å². The van der Waals surface area contributed by atoms with E-state index in [1.54, 1.807) is 7.11 Å². The lowest BCUT2D eigenvalue weighted by Crippen LogP contribution is -2.21. The highest BCUT2D eigenvalue weighted by Crippen LogP contribution is 2.26. The van der Waals surface area contributed by atoms with Crippen molar-refractivity contribution in [2.24, 2.45) is 0 Å². The van der Waals surface area contributed by atoms with Gasteiger partial charge in [0.15, 0.2) is 5.82 Å². The summed E-state index contributed by atoms with van der Waals surface area (Å²) in [5, 5.41) is 10.3. The lowest BCUT2D eigenvalue weighted by Gasteiger charge is -2.20. The number of aryl methyl sites for hydroxylation is 1. The number of nitrogens with zero attached hydrogens (tertiary/aromatic N) is 1. The number of nitrogens with one attached hydrogen (secondary N) is 2. The predicted molar refractivity (Wildman–Crippen MR) is 51.0 cm³/mol.